The van der Waals surface area contributed by atoms with Crippen molar-refractivity contribution in [3.05, 3.63) is 108 Å². The van der Waals surface area contributed by atoms with Crippen molar-refractivity contribution in [3.8, 4) is 5.69 Å². The first-order valence-corrected chi connectivity index (χ1v) is 15.6. The number of likely N-dealkylation sites (tertiary alicyclic amines) is 1. The molecule has 234 valence electrons. The maximum Gasteiger partial charge on any atom is 0.253 e. The normalized spacial score (nSPS) is 13.5. The van der Waals surface area contributed by atoms with Gasteiger partial charge < -0.3 is 25.2 Å². The Bertz CT molecular complexity index is 2000. The zero-order chi connectivity index (χ0) is 31.5. The lowest BCUT2D eigenvalue weighted by Gasteiger charge is -2.14. The van der Waals surface area contributed by atoms with E-state index in [1.807, 2.05) is 64.2 Å². The summed E-state index contributed by atoms with van der Waals surface area (Å²) < 4.78 is 17.1. The number of anilines is 2. The molecule has 1 fully saturated rings. The first-order chi connectivity index (χ1) is 22.5. The van der Waals surface area contributed by atoms with Gasteiger partial charge in [0.15, 0.2) is 0 Å². The molecule has 0 saturated carbocycles. The highest BCUT2D eigenvalue weighted by atomic mass is 19.1. The summed E-state index contributed by atoms with van der Waals surface area (Å²) in [6.07, 6.45) is 9.89. The molecule has 0 unspecified atom stereocenters. The average molecular weight is 619 g/mol. The van der Waals surface area contributed by atoms with Gasteiger partial charge in [-0.1, -0.05) is 12.1 Å². The largest absolute Gasteiger partial charge is 0.396 e. The fourth-order valence-electron chi connectivity index (χ4n) is 6.09. The van der Waals surface area contributed by atoms with Crippen LogP contribution in [0.5, 0.6) is 0 Å². The lowest BCUT2D eigenvalue weighted by molar-refractivity contribution is 0.0948. The Balaban J connectivity index is 1.12. The number of carbonyl (C=O) groups excluding carboxylic acids is 1. The second-order valence-corrected chi connectivity index (χ2v) is 11.6. The molecule has 11 heteroatoms. The van der Waals surface area contributed by atoms with Crippen molar-refractivity contribution in [2.75, 3.05) is 38.1 Å². The minimum Gasteiger partial charge on any atom is -0.396 e. The van der Waals surface area contributed by atoms with Gasteiger partial charge in [-0.15, -0.1) is 0 Å². The van der Waals surface area contributed by atoms with E-state index in [4.69, 9.17) is 0 Å². The summed E-state index contributed by atoms with van der Waals surface area (Å²) in [7, 11) is 0. The Morgan fingerprint density at radius 2 is 1.83 bits per heavy atom. The Morgan fingerprint density at radius 3 is 2.65 bits per heavy atom. The van der Waals surface area contributed by atoms with Crippen LogP contribution in [0.2, 0.25) is 0 Å². The highest BCUT2D eigenvalue weighted by molar-refractivity contribution is 5.96. The first kappa shape index (κ1) is 29.6. The molecule has 4 heterocycles. The van der Waals surface area contributed by atoms with E-state index in [2.05, 4.69) is 30.6 Å². The summed E-state index contributed by atoms with van der Waals surface area (Å²) in [5.41, 5.74) is 5.75. The number of aromatic nitrogens is 5. The molecular weight excluding hydrogens is 583 g/mol. The van der Waals surface area contributed by atoms with Crippen molar-refractivity contribution in [1.29, 1.82) is 0 Å². The van der Waals surface area contributed by atoms with Crippen LogP contribution in [0.15, 0.2) is 85.6 Å². The van der Waals surface area contributed by atoms with Gasteiger partial charge in [0.25, 0.3) is 5.91 Å². The summed E-state index contributed by atoms with van der Waals surface area (Å²) in [5, 5.41) is 22.5. The molecule has 7 rings (SSSR count). The van der Waals surface area contributed by atoms with Gasteiger partial charge in [-0.25, -0.2) is 14.4 Å². The monoisotopic (exact) mass is 618 g/mol. The second kappa shape index (κ2) is 13.1. The number of fused-ring (bicyclic) bond motifs is 2. The van der Waals surface area contributed by atoms with Crippen LogP contribution in [0.4, 0.5) is 15.9 Å². The van der Waals surface area contributed by atoms with Crippen LogP contribution in [-0.4, -0.2) is 73.0 Å². The predicted octanol–water partition coefficient (Wildman–Crippen LogP) is 5.06. The first-order valence-electron chi connectivity index (χ1n) is 15.6. The number of aliphatic hydroxyl groups is 1. The topological polar surface area (TPSA) is 113 Å². The van der Waals surface area contributed by atoms with Crippen molar-refractivity contribution in [1.82, 2.24) is 34.5 Å². The molecule has 0 spiro atoms. The molecule has 0 atom stereocenters. The number of rotatable bonds is 11. The van der Waals surface area contributed by atoms with E-state index >= 15 is 0 Å². The van der Waals surface area contributed by atoms with Crippen LogP contribution >= 0.6 is 0 Å². The molecule has 0 bridgehead atoms. The number of nitrogens with one attached hydrogen (secondary N) is 2. The molecular formula is C35H35FN8O2. The van der Waals surface area contributed by atoms with Crippen LogP contribution in [0.3, 0.4) is 0 Å². The van der Waals surface area contributed by atoms with E-state index in [0.717, 1.165) is 63.9 Å². The summed E-state index contributed by atoms with van der Waals surface area (Å²) in [4.78, 5) is 24.5. The number of amides is 1. The Hall–Kier alpha value is -5.13. The number of aliphatic hydroxyl groups excluding tert-OH is 1. The van der Waals surface area contributed by atoms with Gasteiger partial charge in [-0.3, -0.25) is 9.48 Å². The van der Waals surface area contributed by atoms with Gasteiger partial charge >= 0.3 is 0 Å². The van der Waals surface area contributed by atoms with Crippen molar-refractivity contribution in [2.45, 2.75) is 25.8 Å². The quantitative estimate of drug-likeness (QED) is 0.186. The van der Waals surface area contributed by atoms with Gasteiger partial charge in [0, 0.05) is 54.2 Å². The second-order valence-electron chi connectivity index (χ2n) is 11.6. The number of nitrogens with zero attached hydrogens (tertiary/aromatic N) is 6. The highest BCUT2D eigenvalue weighted by Crippen LogP contribution is 2.28. The summed E-state index contributed by atoms with van der Waals surface area (Å²) in [6, 6.07) is 18.3. The number of benzene rings is 3. The fourth-order valence-corrected chi connectivity index (χ4v) is 6.09. The van der Waals surface area contributed by atoms with E-state index < -0.39 is 0 Å². The molecule has 1 aliphatic heterocycles. The Labute approximate surface area is 265 Å². The van der Waals surface area contributed by atoms with E-state index in [1.54, 1.807) is 12.1 Å². The molecule has 0 aliphatic carbocycles. The lowest BCUT2D eigenvalue weighted by atomic mass is 10.1. The standard InChI is InChI=1S/C35H35FN8O2/c36-27-5-3-24(4-6-27)20-44-33-10-7-28(17-26(33)19-40-44)41-34-30-18-29(8-9-32(30)38-23-39-34)43-21-25(11-16-45)31(22-43)35(46)37-12-15-42-13-1-2-14-42/h3-10,17-19,21-23,45H,1-2,11-16,20H2,(H,37,46)(H,38,39,41). The molecule has 3 N–H and O–H groups in total. The molecule has 3 aromatic carbocycles. The van der Waals surface area contributed by atoms with Crippen LogP contribution < -0.4 is 10.6 Å². The number of hydrogen-bond acceptors (Lipinski definition) is 7. The van der Waals surface area contributed by atoms with E-state index in [9.17, 15) is 14.3 Å². The molecule has 1 amide bonds. The van der Waals surface area contributed by atoms with Crippen LogP contribution in [0, 0.1) is 5.82 Å². The molecule has 6 aromatic rings. The number of carbonyl (C=O) groups is 1. The fraction of sp³-hybridized carbons (Fsp3) is 0.257. The van der Waals surface area contributed by atoms with Gasteiger partial charge in [0.05, 0.1) is 29.3 Å². The summed E-state index contributed by atoms with van der Waals surface area (Å²) >= 11 is 0. The number of halogens is 1. The average Bonchev–Trinajstić information content (AvgIpc) is 3.83. The molecule has 3 aromatic heterocycles. The summed E-state index contributed by atoms with van der Waals surface area (Å²) in [6.45, 7) is 4.09. The van der Waals surface area contributed by atoms with Gasteiger partial charge in [-0.05, 0) is 92.0 Å². The van der Waals surface area contributed by atoms with Gasteiger partial charge in [0.2, 0.25) is 0 Å². The van der Waals surface area contributed by atoms with Gasteiger partial charge in [0.1, 0.15) is 18.0 Å². The van der Waals surface area contributed by atoms with Crippen LogP contribution in [0.25, 0.3) is 27.5 Å². The maximum absolute atomic E-state index is 13.3. The third-order valence-electron chi connectivity index (χ3n) is 8.51. The van der Waals surface area contributed by atoms with Crippen molar-refractivity contribution >= 4 is 39.2 Å². The molecule has 10 nitrogen and oxygen atoms in total. The van der Waals surface area contributed by atoms with E-state index in [-0.39, 0.29) is 18.3 Å². The maximum atomic E-state index is 13.3. The summed E-state index contributed by atoms with van der Waals surface area (Å²) in [5.74, 6) is 0.251. The van der Waals surface area contributed by atoms with Crippen LogP contribution in [-0.2, 0) is 13.0 Å². The molecule has 46 heavy (non-hydrogen) atoms. The number of hydrogen-bond donors (Lipinski definition) is 3. The molecule has 1 saturated heterocycles. The third-order valence-corrected chi connectivity index (χ3v) is 8.51. The Kier molecular flexibility index (Phi) is 8.41. The SMILES string of the molecule is O=C(NCCN1CCCC1)c1cn(-c2ccc3ncnc(Nc4ccc5c(cnn5Cc5ccc(F)cc5)c4)c3c2)cc1CCO. The lowest BCUT2D eigenvalue weighted by Crippen LogP contribution is -2.33. The predicted molar refractivity (Wildman–Crippen MR) is 176 cm³/mol. The van der Waals surface area contributed by atoms with E-state index in [0.29, 0.717) is 30.9 Å². The Morgan fingerprint density at radius 1 is 0.978 bits per heavy atom. The van der Waals surface area contributed by atoms with Crippen molar-refractivity contribution in [3.63, 3.8) is 0 Å². The highest BCUT2D eigenvalue weighted by Gasteiger charge is 2.17. The van der Waals surface area contributed by atoms with Crippen LogP contribution in [0.1, 0.15) is 34.3 Å². The smallest absolute Gasteiger partial charge is 0.253 e. The van der Waals surface area contributed by atoms with Crippen molar-refractivity contribution < 1.29 is 14.3 Å². The third kappa shape index (κ3) is 6.33. The van der Waals surface area contributed by atoms with E-state index in [1.165, 1.54) is 31.3 Å². The molecule has 1 aliphatic rings. The van der Waals surface area contributed by atoms with Gasteiger partial charge in [-0.2, -0.15) is 5.10 Å². The minimum absolute atomic E-state index is 0.0484. The zero-order valence-electron chi connectivity index (χ0n) is 25.4. The molecule has 0 radical (unpaired) electrons. The zero-order valence-corrected chi connectivity index (χ0v) is 25.4. The minimum atomic E-state index is -0.260. The van der Waals surface area contributed by atoms with Crippen molar-refractivity contribution in [2.24, 2.45) is 0 Å².